The van der Waals surface area contributed by atoms with Crippen LogP contribution < -0.4 is 9.64 Å². The normalized spacial score (nSPS) is 13.7. The molecule has 1 heterocycles. The van der Waals surface area contributed by atoms with Crippen molar-refractivity contribution >= 4 is 23.3 Å². The first-order chi connectivity index (χ1) is 18.4. The van der Waals surface area contributed by atoms with Crippen molar-refractivity contribution in [3.05, 3.63) is 90.5 Å². The van der Waals surface area contributed by atoms with Crippen LogP contribution in [0.25, 0.3) is 0 Å². The van der Waals surface area contributed by atoms with E-state index >= 15 is 0 Å². The largest absolute Gasteiger partial charge is 0.490 e. The summed E-state index contributed by atoms with van der Waals surface area (Å²) in [5.74, 6) is -1.14. The van der Waals surface area contributed by atoms with E-state index in [9.17, 15) is 9.59 Å². The van der Waals surface area contributed by atoms with Gasteiger partial charge in [-0.2, -0.15) is 0 Å². The zero-order valence-electron chi connectivity index (χ0n) is 22.0. The second kappa shape index (κ2) is 15.4. The first-order valence-electron chi connectivity index (χ1n) is 13.2. The molecule has 202 valence electrons. The Labute approximate surface area is 225 Å². The van der Waals surface area contributed by atoms with E-state index in [1.165, 1.54) is 16.9 Å². The molecule has 7 nitrogen and oxygen atoms in total. The van der Waals surface area contributed by atoms with Gasteiger partial charge in [0.05, 0.1) is 12.8 Å². The Morgan fingerprint density at radius 3 is 1.89 bits per heavy atom. The van der Waals surface area contributed by atoms with Gasteiger partial charge in [0.2, 0.25) is 0 Å². The molecule has 0 amide bonds. The number of ether oxygens (including phenoxy) is 1. The van der Waals surface area contributed by atoms with E-state index in [1.54, 1.807) is 0 Å². The van der Waals surface area contributed by atoms with Crippen molar-refractivity contribution in [1.29, 1.82) is 0 Å². The maximum Gasteiger partial charge on any atom is 0.303 e. The van der Waals surface area contributed by atoms with Crippen LogP contribution in [0.2, 0.25) is 0 Å². The second-order valence-corrected chi connectivity index (χ2v) is 9.44. The molecule has 38 heavy (non-hydrogen) atoms. The minimum atomic E-state index is -1.08. The van der Waals surface area contributed by atoms with E-state index < -0.39 is 11.9 Å². The lowest BCUT2D eigenvalue weighted by Gasteiger charge is -2.33. The summed E-state index contributed by atoms with van der Waals surface area (Å²) in [6.45, 7) is 6.50. The van der Waals surface area contributed by atoms with Gasteiger partial charge >= 0.3 is 11.9 Å². The molecule has 0 saturated carbocycles. The number of piperidine rings is 1. The first kappa shape index (κ1) is 28.7. The number of hydrogen-bond acceptors (Lipinski definition) is 5. The molecule has 0 unspecified atom stereocenters. The van der Waals surface area contributed by atoms with Gasteiger partial charge in [-0.05, 0) is 74.7 Å². The maximum absolute atomic E-state index is 9.64. The Kier molecular flexibility index (Phi) is 11.7. The topological polar surface area (TPSA) is 90.3 Å². The fraction of sp³-hybridized carbons (Fsp3) is 0.355. The molecule has 1 aliphatic heterocycles. The zero-order chi connectivity index (χ0) is 27.2. The average molecular weight is 519 g/mol. The number of carbonyl (C=O) groups is 2. The van der Waals surface area contributed by atoms with Crippen LogP contribution in [0, 0.1) is 6.92 Å². The minimum Gasteiger partial charge on any atom is -0.490 e. The SMILES string of the molecule is Cc1cccc(OC2CCN(CCCN(c3ccccc3)c3ccccc3)CC2)c1.O=C(O)CCC(=O)O. The molecule has 0 radical (unpaired) electrons. The third-order valence-electron chi connectivity index (χ3n) is 6.37. The highest BCUT2D eigenvalue weighted by atomic mass is 16.5. The predicted octanol–water partition coefficient (Wildman–Crippen LogP) is 6.00. The summed E-state index contributed by atoms with van der Waals surface area (Å²) < 4.78 is 6.21. The number of hydrogen-bond donors (Lipinski definition) is 2. The van der Waals surface area contributed by atoms with E-state index in [-0.39, 0.29) is 12.8 Å². The van der Waals surface area contributed by atoms with E-state index in [0.29, 0.717) is 6.10 Å². The summed E-state index contributed by atoms with van der Waals surface area (Å²) in [5.41, 5.74) is 3.77. The molecule has 3 aromatic carbocycles. The van der Waals surface area contributed by atoms with Gasteiger partial charge in [0, 0.05) is 31.0 Å². The third-order valence-corrected chi connectivity index (χ3v) is 6.37. The molecule has 4 rings (SSSR count). The Balaban J connectivity index is 0.000000436. The van der Waals surface area contributed by atoms with Gasteiger partial charge in [-0.1, -0.05) is 48.5 Å². The van der Waals surface area contributed by atoms with E-state index in [0.717, 1.165) is 51.2 Å². The molecule has 7 heteroatoms. The molecule has 1 fully saturated rings. The van der Waals surface area contributed by atoms with Crippen LogP contribution in [-0.4, -0.2) is 59.3 Å². The van der Waals surface area contributed by atoms with Gasteiger partial charge in [-0.15, -0.1) is 0 Å². The third kappa shape index (κ3) is 10.3. The van der Waals surface area contributed by atoms with E-state index in [2.05, 4.69) is 102 Å². The van der Waals surface area contributed by atoms with Gasteiger partial charge in [0.1, 0.15) is 11.9 Å². The molecule has 0 atom stereocenters. The molecule has 1 saturated heterocycles. The number of anilines is 2. The number of carboxylic acid groups (broad SMARTS) is 2. The Morgan fingerprint density at radius 1 is 0.842 bits per heavy atom. The Bertz CT molecular complexity index is 1060. The fourth-order valence-corrected chi connectivity index (χ4v) is 4.42. The standard InChI is InChI=1S/C27H32N2O.C4H6O4/c1-23-10-8-15-27(22-23)30-26-16-20-28(21-17-26)18-9-19-29(24-11-4-2-5-12-24)25-13-6-3-7-14-25;5-3(6)1-2-4(7)8/h2-8,10-15,22,26H,9,16-21H2,1H3;1-2H2,(H,5,6)(H,7,8). The molecule has 0 bridgehead atoms. The van der Waals surface area contributed by atoms with E-state index in [1.807, 2.05) is 0 Å². The molecule has 3 aromatic rings. The molecular weight excluding hydrogens is 480 g/mol. The number of nitrogens with zero attached hydrogens (tertiary/aromatic N) is 2. The highest BCUT2D eigenvalue weighted by Crippen LogP contribution is 2.25. The van der Waals surface area contributed by atoms with Crippen LogP contribution in [0.3, 0.4) is 0 Å². The van der Waals surface area contributed by atoms with Gasteiger partial charge in [-0.3, -0.25) is 9.59 Å². The molecular formula is C31H38N2O5. The molecule has 0 aliphatic carbocycles. The highest BCUT2D eigenvalue weighted by molar-refractivity contribution is 5.75. The highest BCUT2D eigenvalue weighted by Gasteiger charge is 2.20. The van der Waals surface area contributed by atoms with Crippen LogP contribution in [0.4, 0.5) is 11.4 Å². The predicted molar refractivity (Wildman–Crippen MR) is 150 cm³/mol. The number of para-hydroxylation sites is 2. The summed E-state index contributed by atoms with van der Waals surface area (Å²) in [6, 6.07) is 29.8. The second-order valence-electron chi connectivity index (χ2n) is 9.44. The van der Waals surface area contributed by atoms with Crippen molar-refractivity contribution in [2.24, 2.45) is 0 Å². The summed E-state index contributed by atoms with van der Waals surface area (Å²) in [6.07, 6.45) is 3.11. The van der Waals surface area contributed by atoms with Gasteiger partial charge in [0.25, 0.3) is 0 Å². The van der Waals surface area contributed by atoms with Gasteiger partial charge < -0.3 is 24.7 Å². The molecule has 0 aromatic heterocycles. The molecule has 2 N–H and O–H groups in total. The summed E-state index contributed by atoms with van der Waals surface area (Å²) in [7, 11) is 0. The summed E-state index contributed by atoms with van der Waals surface area (Å²) >= 11 is 0. The Morgan fingerprint density at radius 2 is 1.39 bits per heavy atom. The minimum absolute atomic E-state index is 0.296. The van der Waals surface area contributed by atoms with Crippen molar-refractivity contribution in [3.63, 3.8) is 0 Å². The van der Waals surface area contributed by atoms with Crippen molar-refractivity contribution in [3.8, 4) is 5.75 Å². The fourth-order valence-electron chi connectivity index (χ4n) is 4.42. The number of aryl methyl sites for hydroxylation is 1. The smallest absolute Gasteiger partial charge is 0.303 e. The first-order valence-corrected chi connectivity index (χ1v) is 13.2. The van der Waals surface area contributed by atoms with Gasteiger partial charge in [-0.25, -0.2) is 0 Å². The van der Waals surface area contributed by atoms with Crippen molar-refractivity contribution in [2.75, 3.05) is 31.1 Å². The number of likely N-dealkylation sites (tertiary alicyclic amines) is 1. The average Bonchev–Trinajstić information content (AvgIpc) is 2.92. The molecule has 0 spiro atoms. The lowest BCUT2D eigenvalue weighted by Crippen LogP contribution is -2.39. The number of rotatable bonds is 11. The zero-order valence-corrected chi connectivity index (χ0v) is 22.0. The van der Waals surface area contributed by atoms with Crippen LogP contribution in [0.1, 0.15) is 37.7 Å². The van der Waals surface area contributed by atoms with Gasteiger partial charge in [0.15, 0.2) is 0 Å². The van der Waals surface area contributed by atoms with Crippen LogP contribution >= 0.6 is 0 Å². The lowest BCUT2D eigenvalue weighted by atomic mass is 10.1. The quantitative estimate of drug-likeness (QED) is 0.322. The number of benzene rings is 3. The van der Waals surface area contributed by atoms with Crippen LogP contribution in [0.5, 0.6) is 5.75 Å². The van der Waals surface area contributed by atoms with Crippen molar-refractivity contribution in [1.82, 2.24) is 4.90 Å². The molecule has 1 aliphatic rings. The number of aliphatic carboxylic acids is 2. The van der Waals surface area contributed by atoms with Crippen LogP contribution in [-0.2, 0) is 9.59 Å². The summed E-state index contributed by atoms with van der Waals surface area (Å²) in [5, 5.41) is 15.8. The van der Waals surface area contributed by atoms with Crippen molar-refractivity contribution in [2.45, 2.75) is 45.1 Å². The van der Waals surface area contributed by atoms with Crippen LogP contribution in [0.15, 0.2) is 84.9 Å². The van der Waals surface area contributed by atoms with E-state index in [4.69, 9.17) is 14.9 Å². The lowest BCUT2D eigenvalue weighted by molar-refractivity contribution is -0.143. The number of carboxylic acids is 2. The van der Waals surface area contributed by atoms with Crippen molar-refractivity contribution < 1.29 is 24.5 Å². The maximum atomic E-state index is 9.64. The monoisotopic (exact) mass is 518 g/mol. The Hall–Kier alpha value is -3.84. The summed E-state index contributed by atoms with van der Waals surface area (Å²) in [4.78, 5) is 24.3.